The van der Waals surface area contributed by atoms with Crippen molar-refractivity contribution in [2.45, 2.75) is 31.1 Å². The van der Waals surface area contributed by atoms with Gasteiger partial charge in [-0.1, -0.05) is 11.8 Å². The molecule has 0 aliphatic carbocycles. The number of aromatic amines is 1. The molecule has 1 aromatic heterocycles. The summed E-state index contributed by atoms with van der Waals surface area (Å²) >= 11 is 1.54. The van der Waals surface area contributed by atoms with Crippen molar-refractivity contribution in [2.24, 2.45) is 0 Å². The number of fused-ring (bicyclic) bond motifs is 1. The minimum absolute atomic E-state index is 0.178. The van der Waals surface area contributed by atoms with E-state index >= 15 is 0 Å². The van der Waals surface area contributed by atoms with Crippen LogP contribution in [0.25, 0.3) is 11.0 Å². The fourth-order valence-electron chi connectivity index (χ4n) is 1.85. The Morgan fingerprint density at radius 3 is 2.95 bits per heavy atom. The number of aromatic nitrogens is 2. The highest BCUT2D eigenvalue weighted by molar-refractivity contribution is 7.99. The molecule has 106 valence electrons. The molecule has 1 aromatic carbocycles. The molecule has 1 heterocycles. The van der Waals surface area contributed by atoms with Crippen molar-refractivity contribution in [3.63, 3.8) is 0 Å². The number of benzene rings is 1. The first-order valence-corrected chi connectivity index (χ1v) is 7.43. The van der Waals surface area contributed by atoms with E-state index in [4.69, 9.17) is 10.00 Å². The molecule has 0 aliphatic rings. The van der Waals surface area contributed by atoms with Gasteiger partial charge in [0.2, 0.25) is 0 Å². The van der Waals surface area contributed by atoms with Crippen LogP contribution in [0.15, 0.2) is 23.4 Å². The maximum absolute atomic E-state index is 9.09. The molecule has 2 N–H and O–H groups in total. The third kappa shape index (κ3) is 3.65. The van der Waals surface area contributed by atoms with Crippen LogP contribution in [0.1, 0.15) is 13.8 Å². The van der Waals surface area contributed by atoms with Gasteiger partial charge in [0.15, 0.2) is 5.16 Å². The maximum Gasteiger partial charge on any atom is 0.166 e. The number of H-pyrrole nitrogens is 1. The van der Waals surface area contributed by atoms with Gasteiger partial charge in [-0.25, -0.2) is 4.98 Å². The zero-order chi connectivity index (χ0) is 14.5. The first-order valence-electron chi connectivity index (χ1n) is 6.44. The number of imidazole rings is 1. The highest BCUT2D eigenvalue weighted by Crippen LogP contribution is 2.23. The van der Waals surface area contributed by atoms with E-state index in [2.05, 4.69) is 21.4 Å². The van der Waals surface area contributed by atoms with Crippen LogP contribution in [0.4, 0.5) is 0 Å². The summed E-state index contributed by atoms with van der Waals surface area (Å²) in [6.07, 6.45) is 0. The van der Waals surface area contributed by atoms with Crippen molar-refractivity contribution in [1.29, 1.82) is 5.26 Å². The van der Waals surface area contributed by atoms with Gasteiger partial charge in [-0.3, -0.25) is 5.32 Å². The van der Waals surface area contributed by atoms with E-state index in [0.717, 1.165) is 21.9 Å². The van der Waals surface area contributed by atoms with Crippen molar-refractivity contribution in [2.75, 3.05) is 12.9 Å². The summed E-state index contributed by atoms with van der Waals surface area (Å²) in [5.74, 6) is 1.46. The largest absolute Gasteiger partial charge is 0.497 e. The third-order valence-corrected chi connectivity index (χ3v) is 3.71. The van der Waals surface area contributed by atoms with Gasteiger partial charge in [0.25, 0.3) is 0 Å². The van der Waals surface area contributed by atoms with Crippen LogP contribution in [-0.2, 0) is 0 Å². The van der Waals surface area contributed by atoms with E-state index in [1.165, 1.54) is 0 Å². The lowest BCUT2D eigenvalue weighted by molar-refractivity contribution is 0.415. The molecule has 0 fully saturated rings. The minimum atomic E-state index is -0.178. The number of hydrogen-bond donors (Lipinski definition) is 2. The lowest BCUT2D eigenvalue weighted by atomic mass is 10.3. The summed E-state index contributed by atoms with van der Waals surface area (Å²) in [5.41, 5.74) is 1.84. The Morgan fingerprint density at radius 2 is 2.30 bits per heavy atom. The van der Waals surface area contributed by atoms with Crippen molar-refractivity contribution in [3.8, 4) is 11.8 Å². The second-order valence-corrected chi connectivity index (χ2v) is 5.75. The maximum atomic E-state index is 9.09. The number of methoxy groups -OCH3 is 1. The zero-order valence-electron chi connectivity index (χ0n) is 11.8. The van der Waals surface area contributed by atoms with Crippen LogP contribution in [0.5, 0.6) is 5.75 Å². The van der Waals surface area contributed by atoms with Gasteiger partial charge in [0, 0.05) is 17.9 Å². The highest BCUT2D eigenvalue weighted by Gasteiger charge is 2.11. The van der Waals surface area contributed by atoms with Crippen LogP contribution in [0.2, 0.25) is 0 Å². The lowest BCUT2D eigenvalue weighted by Gasteiger charge is -2.12. The van der Waals surface area contributed by atoms with E-state index in [0.29, 0.717) is 11.8 Å². The molecule has 0 radical (unpaired) electrons. The van der Waals surface area contributed by atoms with Crippen LogP contribution >= 0.6 is 11.8 Å². The molecule has 0 aliphatic heterocycles. The molecule has 2 aromatic rings. The van der Waals surface area contributed by atoms with Gasteiger partial charge in [0.1, 0.15) is 11.8 Å². The molecule has 0 bridgehead atoms. The Balaban J connectivity index is 2.04. The molecule has 0 saturated heterocycles. The average Bonchev–Trinajstić information content (AvgIpc) is 2.84. The van der Waals surface area contributed by atoms with E-state index < -0.39 is 0 Å². The summed E-state index contributed by atoms with van der Waals surface area (Å²) < 4.78 is 5.18. The molecule has 5 nitrogen and oxygen atoms in total. The minimum Gasteiger partial charge on any atom is -0.497 e. The van der Waals surface area contributed by atoms with Crippen molar-refractivity contribution < 1.29 is 4.74 Å². The molecule has 1 unspecified atom stereocenters. The monoisotopic (exact) mass is 290 g/mol. The zero-order valence-corrected chi connectivity index (χ0v) is 12.6. The molecule has 6 heteroatoms. The normalized spacial score (nSPS) is 12.6. The number of ether oxygens (including phenoxy) is 1. The smallest absolute Gasteiger partial charge is 0.166 e. The lowest BCUT2D eigenvalue weighted by Crippen LogP contribution is -2.35. The van der Waals surface area contributed by atoms with Gasteiger partial charge < -0.3 is 9.72 Å². The van der Waals surface area contributed by atoms with Gasteiger partial charge in [0.05, 0.1) is 24.2 Å². The van der Waals surface area contributed by atoms with Crippen molar-refractivity contribution in [3.05, 3.63) is 18.2 Å². The molecule has 0 saturated carbocycles. The fraction of sp³-hybridized carbons (Fsp3) is 0.429. The quantitative estimate of drug-likeness (QED) is 0.800. The Labute approximate surface area is 122 Å². The topological polar surface area (TPSA) is 73.7 Å². The van der Waals surface area contributed by atoms with Crippen LogP contribution in [0, 0.1) is 11.3 Å². The van der Waals surface area contributed by atoms with Crippen LogP contribution < -0.4 is 10.1 Å². The Kier molecular flexibility index (Phi) is 4.88. The van der Waals surface area contributed by atoms with Crippen molar-refractivity contribution in [1.82, 2.24) is 15.3 Å². The molecule has 0 spiro atoms. The number of nitrogens with zero attached hydrogens (tertiary/aromatic N) is 2. The highest BCUT2D eigenvalue weighted by atomic mass is 32.2. The summed E-state index contributed by atoms with van der Waals surface area (Å²) in [5, 5.41) is 13.1. The Morgan fingerprint density at radius 1 is 1.50 bits per heavy atom. The summed E-state index contributed by atoms with van der Waals surface area (Å²) in [4.78, 5) is 7.73. The second kappa shape index (κ2) is 6.64. The number of rotatable bonds is 6. The standard InChI is InChI=1S/C14H18N4OS/c1-9(2)16-10(7-15)8-20-14-17-12-5-4-11(19-3)6-13(12)18-14/h4-6,9-10,16H,8H2,1-3H3,(H,17,18). The average molecular weight is 290 g/mol. The van der Waals surface area contributed by atoms with Crippen LogP contribution in [-0.4, -0.2) is 34.9 Å². The van der Waals surface area contributed by atoms with E-state index in [1.54, 1.807) is 18.9 Å². The van der Waals surface area contributed by atoms with Gasteiger partial charge >= 0.3 is 0 Å². The van der Waals surface area contributed by atoms with E-state index in [9.17, 15) is 0 Å². The summed E-state index contributed by atoms with van der Waals surface area (Å²) in [6.45, 7) is 4.06. The second-order valence-electron chi connectivity index (χ2n) is 4.74. The summed E-state index contributed by atoms with van der Waals surface area (Å²) in [7, 11) is 1.64. The number of hydrogen-bond acceptors (Lipinski definition) is 5. The third-order valence-electron chi connectivity index (χ3n) is 2.74. The number of nitriles is 1. The first-order chi connectivity index (χ1) is 9.62. The first kappa shape index (κ1) is 14.7. The predicted molar refractivity (Wildman–Crippen MR) is 81.0 cm³/mol. The molecule has 20 heavy (non-hydrogen) atoms. The van der Waals surface area contributed by atoms with Gasteiger partial charge in [-0.05, 0) is 26.0 Å². The van der Waals surface area contributed by atoms with Crippen LogP contribution in [0.3, 0.4) is 0 Å². The van der Waals surface area contributed by atoms with Crippen molar-refractivity contribution >= 4 is 22.8 Å². The molecular formula is C14H18N4OS. The predicted octanol–water partition coefficient (Wildman–Crippen LogP) is 2.55. The van der Waals surface area contributed by atoms with E-state index in [-0.39, 0.29) is 6.04 Å². The summed E-state index contributed by atoms with van der Waals surface area (Å²) in [6, 6.07) is 8.10. The van der Waals surface area contributed by atoms with Gasteiger partial charge in [-0.2, -0.15) is 5.26 Å². The molecule has 2 rings (SSSR count). The number of nitrogens with one attached hydrogen (secondary N) is 2. The van der Waals surface area contributed by atoms with E-state index in [1.807, 2.05) is 32.0 Å². The molecular weight excluding hydrogens is 272 g/mol. The SMILES string of the molecule is COc1ccc2nc(SCC(C#N)NC(C)C)[nH]c2c1. The fourth-order valence-corrected chi connectivity index (χ4v) is 2.69. The van der Waals surface area contributed by atoms with Gasteiger partial charge in [-0.15, -0.1) is 0 Å². The molecule has 0 amide bonds. The Hall–Kier alpha value is -1.71. The molecule has 1 atom stereocenters. The number of thioether (sulfide) groups is 1. The Bertz CT molecular complexity index is 617.